The Morgan fingerprint density at radius 3 is 1.86 bits per heavy atom. The summed E-state index contributed by atoms with van der Waals surface area (Å²) in [7, 11) is 0. The van der Waals surface area contributed by atoms with Gasteiger partial charge >= 0.3 is 5.97 Å². The van der Waals surface area contributed by atoms with Crippen molar-refractivity contribution in [3.63, 3.8) is 0 Å². The molecule has 7 heavy (non-hydrogen) atoms. The Balaban J connectivity index is -0.0000000800. The van der Waals surface area contributed by atoms with Crippen LogP contribution < -0.4 is 5.73 Å². The SMILES string of the molecule is NCC(=O)O.[Fe].[Ni]. The molecule has 0 radical (unpaired) electrons. The van der Waals surface area contributed by atoms with E-state index in [2.05, 4.69) is 5.73 Å². The van der Waals surface area contributed by atoms with E-state index in [9.17, 15) is 4.79 Å². The van der Waals surface area contributed by atoms with Crippen LogP contribution in [0.5, 0.6) is 0 Å². The van der Waals surface area contributed by atoms with E-state index < -0.39 is 5.97 Å². The van der Waals surface area contributed by atoms with Crippen LogP contribution in [0.3, 0.4) is 0 Å². The molecule has 0 aliphatic heterocycles. The smallest absolute Gasteiger partial charge is 0.317 e. The summed E-state index contributed by atoms with van der Waals surface area (Å²) < 4.78 is 0. The summed E-state index contributed by atoms with van der Waals surface area (Å²) in [5.74, 6) is -0.968. The van der Waals surface area contributed by atoms with Crippen molar-refractivity contribution in [2.24, 2.45) is 5.73 Å². The number of carboxylic acids is 1. The largest absolute Gasteiger partial charge is 0.480 e. The molecule has 0 spiro atoms. The van der Waals surface area contributed by atoms with E-state index in [0.717, 1.165) is 0 Å². The predicted octanol–water partition coefficient (Wildman–Crippen LogP) is -0.975. The van der Waals surface area contributed by atoms with Gasteiger partial charge in [0.2, 0.25) is 0 Å². The van der Waals surface area contributed by atoms with Crippen LogP contribution in [0, 0.1) is 0 Å². The van der Waals surface area contributed by atoms with Crippen molar-refractivity contribution in [2.75, 3.05) is 6.54 Å². The second kappa shape index (κ2) is 9.67. The Labute approximate surface area is 62.0 Å². The van der Waals surface area contributed by atoms with E-state index in [1.54, 1.807) is 0 Å². The monoisotopic (exact) mass is 189 g/mol. The zero-order valence-corrected chi connectivity index (χ0v) is 5.40. The Morgan fingerprint density at radius 2 is 1.86 bits per heavy atom. The zero-order valence-electron chi connectivity index (χ0n) is 3.31. The zero-order chi connectivity index (χ0) is 4.28. The molecule has 0 saturated heterocycles. The normalized spacial score (nSPS) is 5.29. The Bertz CT molecular complexity index is 51.0. The standard InChI is InChI=1S/C2H5NO2.Fe.Ni/c3-1-2(4)5;;/h1,3H2,(H,4,5);;. The van der Waals surface area contributed by atoms with Crippen LogP contribution in [0.15, 0.2) is 0 Å². The number of aliphatic carboxylic acids is 1. The maximum atomic E-state index is 9.24. The molecule has 3 N–H and O–H groups in total. The number of carbonyl (C=O) groups is 1. The summed E-state index contributed by atoms with van der Waals surface area (Å²) in [6.45, 7) is -0.278. The molecule has 0 saturated carbocycles. The maximum Gasteiger partial charge on any atom is 0.317 e. The third kappa shape index (κ3) is 21.3. The van der Waals surface area contributed by atoms with E-state index in [1.807, 2.05) is 0 Å². The van der Waals surface area contributed by atoms with Gasteiger partial charge in [-0.3, -0.25) is 4.79 Å². The topological polar surface area (TPSA) is 63.3 Å². The summed E-state index contributed by atoms with van der Waals surface area (Å²) in [5, 5.41) is 7.60. The number of hydrogen-bond acceptors (Lipinski definition) is 2. The minimum atomic E-state index is -0.968. The van der Waals surface area contributed by atoms with Crippen LogP contribution in [0.4, 0.5) is 0 Å². The summed E-state index contributed by atoms with van der Waals surface area (Å²) in [6, 6.07) is 0. The summed E-state index contributed by atoms with van der Waals surface area (Å²) in [4.78, 5) is 9.24. The maximum absolute atomic E-state index is 9.24. The minimum Gasteiger partial charge on any atom is -0.480 e. The molecule has 3 nitrogen and oxygen atoms in total. The second-order valence-corrected chi connectivity index (χ2v) is 0.598. The fourth-order valence-corrected chi connectivity index (χ4v) is 0. The molecule has 0 aromatic carbocycles. The Hall–Kier alpha value is 0.443. The number of hydrogen-bond donors (Lipinski definition) is 2. The van der Waals surface area contributed by atoms with Gasteiger partial charge in [0.25, 0.3) is 0 Å². The average Bonchev–Trinajstić information content (AvgIpc) is 1.38. The van der Waals surface area contributed by atoms with Crippen molar-refractivity contribution < 1.29 is 43.5 Å². The van der Waals surface area contributed by atoms with Crippen molar-refractivity contribution in [3.05, 3.63) is 0 Å². The van der Waals surface area contributed by atoms with Gasteiger partial charge in [0.15, 0.2) is 0 Å². The molecule has 0 heterocycles. The molecule has 48 valence electrons. The Morgan fingerprint density at radius 1 is 1.71 bits per heavy atom. The summed E-state index contributed by atoms with van der Waals surface area (Å²) in [5.41, 5.74) is 4.57. The van der Waals surface area contributed by atoms with Crippen LogP contribution in [0.25, 0.3) is 0 Å². The van der Waals surface area contributed by atoms with Gasteiger partial charge < -0.3 is 10.8 Å². The van der Waals surface area contributed by atoms with Gasteiger partial charge in [-0.05, 0) is 0 Å². The first-order chi connectivity index (χ1) is 2.27. The number of carboxylic acid groups (broad SMARTS) is 1. The van der Waals surface area contributed by atoms with Crippen LogP contribution in [-0.4, -0.2) is 17.6 Å². The molecule has 0 bridgehead atoms. The van der Waals surface area contributed by atoms with Gasteiger partial charge in [0.05, 0.1) is 6.54 Å². The molecule has 0 atom stereocenters. The Kier molecular flexibility index (Phi) is 21.6. The molecular weight excluding hydrogens is 185 g/mol. The molecule has 0 aromatic rings. The minimum absolute atomic E-state index is 0. The number of nitrogens with two attached hydrogens (primary N) is 1. The quantitative estimate of drug-likeness (QED) is 0.522. The molecule has 0 amide bonds. The van der Waals surface area contributed by atoms with E-state index in [0.29, 0.717) is 0 Å². The van der Waals surface area contributed by atoms with Gasteiger partial charge in [0, 0.05) is 33.6 Å². The van der Waals surface area contributed by atoms with Crippen molar-refractivity contribution in [1.82, 2.24) is 0 Å². The van der Waals surface area contributed by atoms with E-state index in [4.69, 9.17) is 5.11 Å². The summed E-state index contributed by atoms with van der Waals surface area (Å²) in [6.07, 6.45) is 0. The van der Waals surface area contributed by atoms with Gasteiger partial charge in [-0.25, -0.2) is 0 Å². The van der Waals surface area contributed by atoms with Crippen LogP contribution in [-0.2, 0) is 38.4 Å². The molecular formula is C2H5FeNNiO2. The third-order valence-electron chi connectivity index (χ3n) is 0.175. The molecule has 5 heteroatoms. The first-order valence-corrected chi connectivity index (χ1v) is 1.19. The van der Waals surface area contributed by atoms with Crippen molar-refractivity contribution in [1.29, 1.82) is 0 Å². The second-order valence-electron chi connectivity index (χ2n) is 0.598. The molecule has 0 aromatic heterocycles. The fraction of sp³-hybridized carbons (Fsp3) is 0.500. The van der Waals surface area contributed by atoms with Crippen LogP contribution in [0.2, 0.25) is 0 Å². The predicted molar refractivity (Wildman–Crippen MR) is 16.7 cm³/mol. The molecule has 0 aliphatic rings. The molecule has 0 fully saturated rings. The van der Waals surface area contributed by atoms with E-state index in [-0.39, 0.29) is 40.1 Å². The van der Waals surface area contributed by atoms with Crippen molar-refractivity contribution in [3.8, 4) is 0 Å². The fourth-order valence-electron chi connectivity index (χ4n) is 0. The van der Waals surface area contributed by atoms with Crippen molar-refractivity contribution in [2.45, 2.75) is 0 Å². The molecule has 0 aliphatic carbocycles. The molecule has 0 rings (SSSR count). The number of rotatable bonds is 1. The average molecular weight is 190 g/mol. The van der Waals surface area contributed by atoms with Crippen LogP contribution in [0.1, 0.15) is 0 Å². The van der Waals surface area contributed by atoms with Gasteiger partial charge in [-0.2, -0.15) is 0 Å². The first-order valence-electron chi connectivity index (χ1n) is 1.19. The van der Waals surface area contributed by atoms with E-state index in [1.165, 1.54) is 0 Å². The van der Waals surface area contributed by atoms with Gasteiger partial charge in [0.1, 0.15) is 0 Å². The van der Waals surface area contributed by atoms with E-state index >= 15 is 0 Å². The van der Waals surface area contributed by atoms with Gasteiger partial charge in [-0.1, -0.05) is 0 Å². The third-order valence-corrected chi connectivity index (χ3v) is 0.175. The van der Waals surface area contributed by atoms with Crippen molar-refractivity contribution >= 4 is 5.97 Å². The first kappa shape index (κ1) is 15.7. The summed E-state index contributed by atoms with van der Waals surface area (Å²) >= 11 is 0. The van der Waals surface area contributed by atoms with Gasteiger partial charge in [-0.15, -0.1) is 0 Å². The van der Waals surface area contributed by atoms with Crippen LogP contribution >= 0.6 is 0 Å². The molecule has 0 unspecified atom stereocenters.